The van der Waals surface area contributed by atoms with Crippen LogP contribution in [0.4, 0.5) is 0 Å². The van der Waals surface area contributed by atoms with Gasteiger partial charge in [0.15, 0.2) is 0 Å². The Morgan fingerprint density at radius 3 is 3.07 bits per heavy atom. The molecule has 5 nitrogen and oxygen atoms in total. The second kappa shape index (κ2) is 5.18. The van der Waals surface area contributed by atoms with E-state index in [4.69, 9.17) is 15.3 Å². The van der Waals surface area contributed by atoms with E-state index in [-0.39, 0.29) is 12.1 Å². The second-order valence-corrected chi connectivity index (χ2v) is 3.41. The van der Waals surface area contributed by atoms with Gasteiger partial charge in [-0.15, -0.1) is 0 Å². The van der Waals surface area contributed by atoms with E-state index in [1.807, 2.05) is 12.1 Å². The zero-order chi connectivity index (χ0) is 10.5. The Morgan fingerprint density at radius 2 is 2.47 bits per heavy atom. The lowest BCUT2D eigenvalue weighted by Gasteiger charge is -2.29. The molecule has 0 spiro atoms. The van der Waals surface area contributed by atoms with Gasteiger partial charge in [0.1, 0.15) is 6.10 Å². The maximum absolute atomic E-state index is 5.59. The molecule has 5 heteroatoms. The van der Waals surface area contributed by atoms with Crippen molar-refractivity contribution in [1.82, 2.24) is 10.4 Å². The Labute approximate surface area is 88.6 Å². The molecule has 0 aliphatic carbocycles. The number of pyridine rings is 1. The third-order valence-corrected chi connectivity index (χ3v) is 2.44. The molecule has 2 atom stereocenters. The first-order chi connectivity index (χ1) is 7.42. The normalized spacial score (nSPS) is 23.7. The van der Waals surface area contributed by atoms with Crippen LogP contribution in [0.15, 0.2) is 24.5 Å². The van der Waals surface area contributed by atoms with Crippen LogP contribution in [0.2, 0.25) is 0 Å². The number of hydrogen-bond donors (Lipinski definition) is 2. The largest absolute Gasteiger partial charge is 0.376 e. The SMILES string of the molecule is NNC(c1cccnc1)C1COCCO1. The number of hydrogen-bond acceptors (Lipinski definition) is 5. The fourth-order valence-electron chi connectivity index (χ4n) is 1.68. The van der Waals surface area contributed by atoms with Crippen LogP contribution in [0, 0.1) is 0 Å². The number of nitrogens with zero attached hydrogens (tertiary/aromatic N) is 1. The summed E-state index contributed by atoms with van der Waals surface area (Å²) in [5.41, 5.74) is 3.75. The van der Waals surface area contributed by atoms with E-state index in [0.29, 0.717) is 19.8 Å². The van der Waals surface area contributed by atoms with Crippen molar-refractivity contribution in [3.05, 3.63) is 30.1 Å². The first-order valence-electron chi connectivity index (χ1n) is 4.97. The molecule has 1 saturated heterocycles. The van der Waals surface area contributed by atoms with Crippen LogP contribution in [0.3, 0.4) is 0 Å². The predicted octanol–water partition coefficient (Wildman–Crippen LogP) is 0.00140. The number of hydrazine groups is 1. The van der Waals surface area contributed by atoms with Gasteiger partial charge in [0, 0.05) is 12.4 Å². The average molecular weight is 209 g/mol. The number of rotatable bonds is 3. The Kier molecular flexibility index (Phi) is 3.63. The second-order valence-electron chi connectivity index (χ2n) is 3.41. The highest BCUT2D eigenvalue weighted by molar-refractivity contribution is 5.15. The minimum Gasteiger partial charge on any atom is -0.376 e. The van der Waals surface area contributed by atoms with Crippen molar-refractivity contribution in [2.24, 2.45) is 5.84 Å². The lowest BCUT2D eigenvalue weighted by Crippen LogP contribution is -2.43. The quantitative estimate of drug-likeness (QED) is 0.542. The summed E-state index contributed by atoms with van der Waals surface area (Å²) in [6.45, 7) is 1.83. The van der Waals surface area contributed by atoms with Crippen molar-refractivity contribution in [3.8, 4) is 0 Å². The molecule has 0 bridgehead atoms. The maximum atomic E-state index is 5.59. The van der Waals surface area contributed by atoms with Crippen molar-refractivity contribution in [2.75, 3.05) is 19.8 Å². The molecule has 0 aromatic carbocycles. The summed E-state index contributed by atoms with van der Waals surface area (Å²) in [7, 11) is 0. The van der Waals surface area contributed by atoms with E-state index < -0.39 is 0 Å². The molecule has 82 valence electrons. The van der Waals surface area contributed by atoms with Crippen LogP contribution in [-0.2, 0) is 9.47 Å². The van der Waals surface area contributed by atoms with Crippen molar-refractivity contribution >= 4 is 0 Å². The van der Waals surface area contributed by atoms with Crippen LogP contribution in [0.1, 0.15) is 11.6 Å². The van der Waals surface area contributed by atoms with Crippen molar-refractivity contribution < 1.29 is 9.47 Å². The van der Waals surface area contributed by atoms with E-state index in [1.54, 1.807) is 12.4 Å². The Morgan fingerprint density at radius 1 is 1.53 bits per heavy atom. The van der Waals surface area contributed by atoms with E-state index in [1.165, 1.54) is 0 Å². The van der Waals surface area contributed by atoms with Gasteiger partial charge in [0.05, 0.1) is 25.9 Å². The fraction of sp³-hybridized carbons (Fsp3) is 0.500. The first kappa shape index (κ1) is 10.5. The van der Waals surface area contributed by atoms with Gasteiger partial charge in [0.25, 0.3) is 0 Å². The molecule has 1 aliphatic heterocycles. The molecule has 1 aromatic rings. The molecular formula is C10H15N3O2. The lowest BCUT2D eigenvalue weighted by atomic mass is 10.0. The minimum atomic E-state index is -0.0704. The van der Waals surface area contributed by atoms with E-state index in [0.717, 1.165) is 5.56 Å². The maximum Gasteiger partial charge on any atom is 0.102 e. The molecule has 0 radical (unpaired) electrons. The summed E-state index contributed by atoms with van der Waals surface area (Å²) in [4.78, 5) is 4.06. The number of nitrogens with one attached hydrogen (secondary N) is 1. The summed E-state index contributed by atoms with van der Waals surface area (Å²) in [5.74, 6) is 5.52. The molecule has 1 aliphatic rings. The fourth-order valence-corrected chi connectivity index (χ4v) is 1.68. The van der Waals surface area contributed by atoms with Gasteiger partial charge in [-0.2, -0.15) is 0 Å². The van der Waals surface area contributed by atoms with Crippen molar-refractivity contribution in [2.45, 2.75) is 12.1 Å². The zero-order valence-corrected chi connectivity index (χ0v) is 8.43. The third kappa shape index (κ3) is 2.51. The van der Waals surface area contributed by atoms with E-state index in [9.17, 15) is 0 Å². The highest BCUT2D eigenvalue weighted by Gasteiger charge is 2.25. The zero-order valence-electron chi connectivity index (χ0n) is 8.43. The van der Waals surface area contributed by atoms with E-state index in [2.05, 4.69) is 10.4 Å². The van der Waals surface area contributed by atoms with Gasteiger partial charge in [0.2, 0.25) is 0 Å². The van der Waals surface area contributed by atoms with Gasteiger partial charge < -0.3 is 9.47 Å². The van der Waals surface area contributed by atoms with Gasteiger partial charge in [-0.1, -0.05) is 6.07 Å². The van der Waals surface area contributed by atoms with Gasteiger partial charge in [-0.25, -0.2) is 0 Å². The third-order valence-electron chi connectivity index (χ3n) is 2.44. The standard InChI is InChI=1S/C10H15N3O2/c11-13-10(8-2-1-3-12-6-8)9-7-14-4-5-15-9/h1-3,6,9-10,13H,4-5,7,11H2. The molecule has 0 saturated carbocycles. The molecule has 0 amide bonds. The summed E-state index contributed by atoms with van der Waals surface area (Å²) in [5, 5.41) is 0. The van der Waals surface area contributed by atoms with Crippen LogP contribution >= 0.6 is 0 Å². The topological polar surface area (TPSA) is 69.4 Å². The molecule has 3 N–H and O–H groups in total. The van der Waals surface area contributed by atoms with Gasteiger partial charge in [-0.05, 0) is 11.6 Å². The summed E-state index contributed by atoms with van der Waals surface area (Å²) >= 11 is 0. The molecule has 2 unspecified atom stereocenters. The van der Waals surface area contributed by atoms with Crippen LogP contribution in [0.5, 0.6) is 0 Å². The van der Waals surface area contributed by atoms with Crippen molar-refractivity contribution in [1.29, 1.82) is 0 Å². The smallest absolute Gasteiger partial charge is 0.102 e. The average Bonchev–Trinajstić information content (AvgIpc) is 2.33. The molecule has 15 heavy (non-hydrogen) atoms. The molecule has 2 rings (SSSR count). The lowest BCUT2D eigenvalue weighted by molar-refractivity contribution is -0.102. The molecule has 1 fully saturated rings. The predicted molar refractivity (Wildman–Crippen MR) is 54.9 cm³/mol. The minimum absolute atomic E-state index is 0.0482. The molecule has 1 aromatic heterocycles. The highest BCUT2D eigenvalue weighted by Crippen LogP contribution is 2.19. The number of ether oxygens (including phenoxy) is 2. The Hall–Kier alpha value is -1.01. The van der Waals surface area contributed by atoms with Gasteiger partial charge >= 0.3 is 0 Å². The van der Waals surface area contributed by atoms with Crippen LogP contribution in [0.25, 0.3) is 0 Å². The summed E-state index contributed by atoms with van der Waals surface area (Å²) in [6, 6.07) is 3.78. The van der Waals surface area contributed by atoms with E-state index >= 15 is 0 Å². The Balaban J connectivity index is 2.09. The molecular weight excluding hydrogens is 194 g/mol. The van der Waals surface area contributed by atoms with Crippen LogP contribution in [-0.4, -0.2) is 30.9 Å². The van der Waals surface area contributed by atoms with Gasteiger partial charge in [-0.3, -0.25) is 16.3 Å². The summed E-state index contributed by atoms with van der Waals surface area (Å²) in [6.07, 6.45) is 3.46. The molecule has 2 heterocycles. The highest BCUT2D eigenvalue weighted by atomic mass is 16.6. The number of nitrogens with two attached hydrogens (primary N) is 1. The Bertz CT molecular complexity index is 288. The van der Waals surface area contributed by atoms with Crippen molar-refractivity contribution in [3.63, 3.8) is 0 Å². The van der Waals surface area contributed by atoms with Crippen LogP contribution < -0.4 is 11.3 Å². The monoisotopic (exact) mass is 209 g/mol. The summed E-state index contributed by atoms with van der Waals surface area (Å²) < 4.78 is 10.9. The number of aromatic nitrogens is 1. The first-order valence-corrected chi connectivity index (χ1v) is 4.97.